The lowest BCUT2D eigenvalue weighted by Gasteiger charge is -2.27. The number of hydrogen-bond acceptors (Lipinski definition) is 4. The first-order chi connectivity index (χ1) is 10.2. The summed E-state index contributed by atoms with van der Waals surface area (Å²) < 4.78 is 5.20. The van der Waals surface area contributed by atoms with E-state index in [-0.39, 0.29) is 6.04 Å². The van der Waals surface area contributed by atoms with Gasteiger partial charge in [0.05, 0.1) is 19.7 Å². The summed E-state index contributed by atoms with van der Waals surface area (Å²) in [5.74, 6) is 1.35. The molecule has 1 atom stereocenters. The molecule has 0 aliphatic carbocycles. The molecular weight excluding hydrogens is 286 g/mol. The number of ether oxygens (including phenoxy) is 1. The summed E-state index contributed by atoms with van der Waals surface area (Å²) in [6.45, 7) is 0.630. The number of benzene rings is 2. The van der Waals surface area contributed by atoms with Crippen molar-refractivity contribution in [3.8, 4) is 5.75 Å². The largest absolute Gasteiger partial charge is 0.497 e. The zero-order valence-corrected chi connectivity index (χ0v) is 12.4. The molecule has 1 aliphatic rings. The molecule has 2 N–H and O–H groups in total. The minimum Gasteiger partial charge on any atom is -0.497 e. The predicted octanol–water partition coefficient (Wildman–Crippen LogP) is 3.22. The van der Waals surface area contributed by atoms with Crippen LogP contribution in [0.25, 0.3) is 0 Å². The van der Waals surface area contributed by atoms with Gasteiger partial charge < -0.3 is 15.4 Å². The van der Waals surface area contributed by atoms with Crippen LogP contribution in [0.2, 0.25) is 5.02 Å². The van der Waals surface area contributed by atoms with Gasteiger partial charge in [0.1, 0.15) is 5.75 Å². The summed E-state index contributed by atoms with van der Waals surface area (Å²) in [5, 5.41) is 0.681. The Hall–Kier alpha value is -2.20. The molecule has 1 heterocycles. The molecule has 0 fully saturated rings. The normalized spacial score (nSPS) is 17.7. The van der Waals surface area contributed by atoms with Crippen molar-refractivity contribution in [3.63, 3.8) is 0 Å². The summed E-state index contributed by atoms with van der Waals surface area (Å²) in [7, 11) is 1.66. The average Bonchev–Trinajstić information content (AvgIpc) is 2.89. The summed E-state index contributed by atoms with van der Waals surface area (Å²) >= 11 is 6.08. The summed E-state index contributed by atoms with van der Waals surface area (Å²) in [4.78, 5) is 6.38. The molecule has 1 unspecified atom stereocenters. The number of nitrogens with two attached hydrogens (primary N) is 1. The quantitative estimate of drug-likeness (QED) is 0.947. The third-order valence-electron chi connectivity index (χ3n) is 3.57. The first-order valence-electron chi connectivity index (χ1n) is 6.67. The molecule has 21 heavy (non-hydrogen) atoms. The van der Waals surface area contributed by atoms with E-state index in [0.717, 1.165) is 17.0 Å². The Labute approximate surface area is 128 Å². The zero-order valence-electron chi connectivity index (χ0n) is 11.7. The van der Waals surface area contributed by atoms with Gasteiger partial charge >= 0.3 is 0 Å². The number of anilines is 1. The first kappa shape index (κ1) is 13.8. The van der Waals surface area contributed by atoms with E-state index in [4.69, 9.17) is 22.1 Å². The van der Waals surface area contributed by atoms with Gasteiger partial charge in [-0.2, -0.15) is 0 Å². The average molecular weight is 302 g/mol. The van der Waals surface area contributed by atoms with Crippen molar-refractivity contribution >= 4 is 23.2 Å². The fourth-order valence-corrected chi connectivity index (χ4v) is 2.70. The lowest BCUT2D eigenvalue weighted by atomic mass is 10.1. The lowest BCUT2D eigenvalue weighted by molar-refractivity contribution is 0.414. The SMILES string of the molecule is COc1ccc(C2CN=C(N)N2c2cccc(Cl)c2)cc1. The van der Waals surface area contributed by atoms with Crippen LogP contribution in [0.1, 0.15) is 11.6 Å². The molecule has 0 bridgehead atoms. The highest BCUT2D eigenvalue weighted by atomic mass is 35.5. The van der Waals surface area contributed by atoms with Crippen LogP contribution in [0.3, 0.4) is 0 Å². The van der Waals surface area contributed by atoms with Crippen LogP contribution in [-0.2, 0) is 0 Å². The lowest BCUT2D eigenvalue weighted by Crippen LogP contribution is -2.36. The Bertz CT molecular complexity index is 669. The van der Waals surface area contributed by atoms with Gasteiger partial charge in [-0.3, -0.25) is 4.99 Å². The van der Waals surface area contributed by atoms with Crippen molar-refractivity contribution in [1.29, 1.82) is 0 Å². The van der Waals surface area contributed by atoms with Gasteiger partial charge in [-0.05, 0) is 35.9 Å². The molecule has 0 amide bonds. The first-order valence-corrected chi connectivity index (χ1v) is 7.05. The Morgan fingerprint density at radius 2 is 2.00 bits per heavy atom. The number of methoxy groups -OCH3 is 1. The molecule has 5 heteroatoms. The van der Waals surface area contributed by atoms with Crippen LogP contribution in [-0.4, -0.2) is 19.6 Å². The fraction of sp³-hybridized carbons (Fsp3) is 0.188. The Balaban J connectivity index is 1.94. The van der Waals surface area contributed by atoms with E-state index in [1.165, 1.54) is 0 Å². The van der Waals surface area contributed by atoms with Crippen LogP contribution in [0.15, 0.2) is 53.5 Å². The van der Waals surface area contributed by atoms with E-state index in [1.807, 2.05) is 53.4 Å². The maximum absolute atomic E-state index is 6.08. The van der Waals surface area contributed by atoms with Gasteiger partial charge in [-0.1, -0.05) is 29.8 Å². The van der Waals surface area contributed by atoms with E-state index in [2.05, 4.69) is 4.99 Å². The topological polar surface area (TPSA) is 50.9 Å². The van der Waals surface area contributed by atoms with Gasteiger partial charge in [0.25, 0.3) is 0 Å². The second-order valence-electron chi connectivity index (χ2n) is 4.84. The molecule has 3 rings (SSSR count). The van der Waals surface area contributed by atoms with Crippen molar-refractivity contribution in [2.24, 2.45) is 10.7 Å². The van der Waals surface area contributed by atoms with Crippen molar-refractivity contribution < 1.29 is 4.74 Å². The summed E-state index contributed by atoms with van der Waals surface area (Å²) in [6, 6.07) is 15.7. The summed E-state index contributed by atoms with van der Waals surface area (Å²) in [6.07, 6.45) is 0. The van der Waals surface area contributed by atoms with Crippen LogP contribution in [0.5, 0.6) is 5.75 Å². The highest BCUT2D eigenvalue weighted by Gasteiger charge is 2.28. The van der Waals surface area contributed by atoms with Crippen molar-refractivity contribution in [3.05, 3.63) is 59.1 Å². The van der Waals surface area contributed by atoms with Gasteiger partial charge in [-0.25, -0.2) is 0 Å². The minimum absolute atomic E-state index is 0.0781. The molecule has 2 aromatic rings. The highest BCUT2D eigenvalue weighted by Crippen LogP contribution is 2.32. The van der Waals surface area contributed by atoms with Crippen LogP contribution >= 0.6 is 11.6 Å². The smallest absolute Gasteiger partial charge is 0.196 e. The Morgan fingerprint density at radius 3 is 2.67 bits per heavy atom. The van der Waals surface area contributed by atoms with E-state index in [1.54, 1.807) is 7.11 Å². The number of rotatable bonds is 3. The molecule has 2 aromatic carbocycles. The molecule has 0 saturated carbocycles. The fourth-order valence-electron chi connectivity index (χ4n) is 2.52. The second-order valence-corrected chi connectivity index (χ2v) is 5.27. The second kappa shape index (κ2) is 5.66. The van der Waals surface area contributed by atoms with Crippen molar-refractivity contribution in [2.45, 2.75) is 6.04 Å². The maximum Gasteiger partial charge on any atom is 0.196 e. The van der Waals surface area contributed by atoms with E-state index < -0.39 is 0 Å². The monoisotopic (exact) mass is 301 g/mol. The predicted molar refractivity (Wildman–Crippen MR) is 86.2 cm³/mol. The number of nitrogens with zero attached hydrogens (tertiary/aromatic N) is 2. The Kier molecular flexibility index (Phi) is 3.71. The highest BCUT2D eigenvalue weighted by molar-refractivity contribution is 6.30. The molecule has 0 radical (unpaired) electrons. The van der Waals surface area contributed by atoms with Gasteiger partial charge in [0.2, 0.25) is 0 Å². The number of guanidine groups is 1. The molecule has 0 aromatic heterocycles. The third kappa shape index (κ3) is 2.67. The van der Waals surface area contributed by atoms with Crippen molar-refractivity contribution in [2.75, 3.05) is 18.6 Å². The number of aliphatic imine (C=N–C) groups is 1. The Morgan fingerprint density at radius 1 is 1.24 bits per heavy atom. The molecule has 108 valence electrons. The molecular formula is C16H16ClN3O. The zero-order chi connectivity index (χ0) is 14.8. The van der Waals surface area contributed by atoms with Gasteiger partial charge in [0.15, 0.2) is 5.96 Å². The maximum atomic E-state index is 6.08. The third-order valence-corrected chi connectivity index (χ3v) is 3.81. The standard InChI is InChI=1S/C16H16ClN3O/c1-21-14-7-5-11(6-8-14)15-10-19-16(18)20(15)13-4-2-3-12(17)9-13/h2-9,15H,10H2,1H3,(H2,18,19). The van der Waals surface area contributed by atoms with Crippen molar-refractivity contribution in [1.82, 2.24) is 0 Å². The van der Waals surface area contributed by atoms with Gasteiger partial charge in [0, 0.05) is 10.7 Å². The molecule has 0 saturated heterocycles. The number of halogens is 1. The van der Waals surface area contributed by atoms with E-state index in [9.17, 15) is 0 Å². The van der Waals surface area contributed by atoms with Crippen LogP contribution < -0.4 is 15.4 Å². The van der Waals surface area contributed by atoms with E-state index in [0.29, 0.717) is 17.5 Å². The van der Waals surface area contributed by atoms with Crippen LogP contribution in [0, 0.1) is 0 Å². The van der Waals surface area contributed by atoms with E-state index >= 15 is 0 Å². The molecule has 0 spiro atoms. The van der Waals surface area contributed by atoms with Crippen LogP contribution in [0.4, 0.5) is 5.69 Å². The number of hydrogen-bond donors (Lipinski definition) is 1. The minimum atomic E-state index is 0.0781. The molecule has 4 nitrogen and oxygen atoms in total. The van der Waals surface area contributed by atoms with Gasteiger partial charge in [-0.15, -0.1) is 0 Å². The molecule has 1 aliphatic heterocycles. The summed E-state index contributed by atoms with van der Waals surface area (Å²) in [5.41, 5.74) is 8.14.